The van der Waals surface area contributed by atoms with Gasteiger partial charge in [-0.3, -0.25) is 9.52 Å². The number of H-pyrrole nitrogens is 1. The van der Waals surface area contributed by atoms with E-state index in [-0.39, 0.29) is 9.92 Å². The summed E-state index contributed by atoms with van der Waals surface area (Å²) < 4.78 is 26.8. The van der Waals surface area contributed by atoms with Crippen molar-refractivity contribution >= 4 is 38.9 Å². The number of sulfonamides is 1. The molecular weight excluding hydrogens is 323 g/mol. The Labute approximate surface area is 125 Å². The van der Waals surface area contributed by atoms with Crippen molar-refractivity contribution in [1.82, 2.24) is 4.98 Å². The number of hydrogen-bond acceptors (Lipinski definition) is 3. The molecule has 0 unspecified atom stereocenters. The first-order valence-electron chi connectivity index (χ1n) is 5.47. The lowest BCUT2D eigenvalue weighted by molar-refractivity contribution is 0.600. The van der Waals surface area contributed by atoms with Crippen LogP contribution in [0.1, 0.15) is 5.56 Å². The van der Waals surface area contributed by atoms with Gasteiger partial charge >= 0.3 is 0 Å². The number of aromatic amines is 1. The summed E-state index contributed by atoms with van der Waals surface area (Å²) in [4.78, 5) is 13.3. The SMILES string of the molecule is Cc1c(Cl)cccc1NS(=O)(=O)c1c[nH]c(=O)c(Cl)c1. The van der Waals surface area contributed by atoms with Gasteiger partial charge < -0.3 is 4.98 Å². The van der Waals surface area contributed by atoms with Crippen molar-refractivity contribution in [3.05, 3.63) is 56.4 Å². The average molecular weight is 333 g/mol. The van der Waals surface area contributed by atoms with Crippen LogP contribution in [0.15, 0.2) is 40.2 Å². The molecule has 106 valence electrons. The van der Waals surface area contributed by atoms with E-state index >= 15 is 0 Å². The van der Waals surface area contributed by atoms with E-state index in [4.69, 9.17) is 23.2 Å². The van der Waals surface area contributed by atoms with Crippen molar-refractivity contribution < 1.29 is 8.42 Å². The quantitative estimate of drug-likeness (QED) is 0.906. The molecule has 1 heterocycles. The van der Waals surface area contributed by atoms with E-state index in [0.717, 1.165) is 12.3 Å². The van der Waals surface area contributed by atoms with Gasteiger partial charge in [0, 0.05) is 11.2 Å². The third-order valence-electron chi connectivity index (χ3n) is 2.65. The van der Waals surface area contributed by atoms with Gasteiger partial charge in [0.05, 0.1) is 5.69 Å². The molecule has 20 heavy (non-hydrogen) atoms. The van der Waals surface area contributed by atoms with Crippen molar-refractivity contribution in [3.8, 4) is 0 Å². The van der Waals surface area contributed by atoms with Gasteiger partial charge in [0.25, 0.3) is 15.6 Å². The summed E-state index contributed by atoms with van der Waals surface area (Å²) >= 11 is 11.6. The van der Waals surface area contributed by atoms with Gasteiger partial charge in [-0.15, -0.1) is 0 Å². The van der Waals surface area contributed by atoms with Crippen LogP contribution in [0.2, 0.25) is 10.0 Å². The lowest BCUT2D eigenvalue weighted by Gasteiger charge is -2.11. The Morgan fingerprint density at radius 1 is 1.20 bits per heavy atom. The smallest absolute Gasteiger partial charge is 0.266 e. The third-order valence-corrected chi connectivity index (χ3v) is 4.69. The Morgan fingerprint density at radius 3 is 2.55 bits per heavy atom. The maximum Gasteiger partial charge on any atom is 0.266 e. The van der Waals surface area contributed by atoms with Gasteiger partial charge in [-0.1, -0.05) is 29.3 Å². The molecular formula is C12H10Cl2N2O3S. The number of aromatic nitrogens is 1. The molecule has 0 spiro atoms. The Balaban J connectivity index is 2.43. The van der Waals surface area contributed by atoms with Crippen LogP contribution in [-0.4, -0.2) is 13.4 Å². The lowest BCUT2D eigenvalue weighted by atomic mass is 10.2. The van der Waals surface area contributed by atoms with Gasteiger partial charge in [-0.05, 0) is 30.7 Å². The molecule has 8 heteroatoms. The minimum Gasteiger partial charge on any atom is -0.326 e. The maximum atomic E-state index is 12.2. The molecule has 0 bridgehead atoms. The van der Waals surface area contributed by atoms with Crippen LogP contribution in [-0.2, 0) is 10.0 Å². The van der Waals surface area contributed by atoms with E-state index < -0.39 is 15.6 Å². The molecule has 2 N–H and O–H groups in total. The number of nitrogens with one attached hydrogen (secondary N) is 2. The van der Waals surface area contributed by atoms with E-state index in [2.05, 4.69) is 9.71 Å². The van der Waals surface area contributed by atoms with Crippen LogP contribution in [0.5, 0.6) is 0 Å². The normalized spacial score (nSPS) is 11.3. The molecule has 0 aliphatic heterocycles. The number of pyridine rings is 1. The van der Waals surface area contributed by atoms with Crippen LogP contribution in [0.25, 0.3) is 0 Å². The standard InChI is InChI=1S/C12H10Cl2N2O3S/c1-7-9(13)3-2-4-11(7)16-20(18,19)8-5-10(14)12(17)15-6-8/h2-6,16H,1H3,(H,15,17). The van der Waals surface area contributed by atoms with Crippen molar-refractivity contribution in [1.29, 1.82) is 0 Å². The highest BCUT2D eigenvalue weighted by atomic mass is 35.5. The molecule has 0 saturated carbocycles. The number of rotatable bonds is 3. The zero-order chi connectivity index (χ0) is 14.9. The van der Waals surface area contributed by atoms with Gasteiger partial charge in [-0.2, -0.15) is 0 Å². The highest BCUT2D eigenvalue weighted by Crippen LogP contribution is 2.25. The van der Waals surface area contributed by atoms with E-state index in [1.54, 1.807) is 25.1 Å². The van der Waals surface area contributed by atoms with Crippen molar-refractivity contribution in [2.45, 2.75) is 11.8 Å². The van der Waals surface area contributed by atoms with Crippen molar-refractivity contribution in [2.24, 2.45) is 0 Å². The van der Waals surface area contributed by atoms with Crippen LogP contribution < -0.4 is 10.3 Å². The summed E-state index contributed by atoms with van der Waals surface area (Å²) in [6.07, 6.45) is 1.08. The summed E-state index contributed by atoms with van der Waals surface area (Å²) in [6.45, 7) is 1.69. The highest BCUT2D eigenvalue weighted by molar-refractivity contribution is 7.92. The molecule has 0 aliphatic carbocycles. The predicted octanol–water partition coefficient (Wildman–Crippen LogP) is 2.79. The molecule has 2 rings (SSSR count). The van der Waals surface area contributed by atoms with Gasteiger partial charge in [0.1, 0.15) is 9.92 Å². The maximum absolute atomic E-state index is 12.2. The summed E-state index contributed by atoms with van der Waals surface area (Å²) in [5.41, 5.74) is 0.414. The molecule has 0 atom stereocenters. The van der Waals surface area contributed by atoms with Crippen LogP contribution in [0, 0.1) is 6.92 Å². The molecule has 0 amide bonds. The van der Waals surface area contributed by atoms with Gasteiger partial charge in [-0.25, -0.2) is 8.42 Å². The number of hydrogen-bond donors (Lipinski definition) is 2. The fraction of sp³-hybridized carbons (Fsp3) is 0.0833. The number of benzene rings is 1. The summed E-state index contributed by atoms with van der Waals surface area (Å²) in [5, 5.41) is 0.250. The average Bonchev–Trinajstić information content (AvgIpc) is 2.38. The van der Waals surface area contributed by atoms with Crippen LogP contribution >= 0.6 is 23.2 Å². The Hall–Kier alpha value is -1.50. The minimum absolute atomic E-state index is 0.138. The number of anilines is 1. The monoisotopic (exact) mass is 332 g/mol. The van der Waals surface area contributed by atoms with E-state index in [1.807, 2.05) is 0 Å². The second-order valence-corrected chi connectivity index (χ2v) is 6.53. The summed E-state index contributed by atoms with van der Waals surface area (Å²) in [6, 6.07) is 5.97. The van der Waals surface area contributed by atoms with Crippen molar-refractivity contribution in [2.75, 3.05) is 4.72 Å². The molecule has 0 radical (unpaired) electrons. The largest absolute Gasteiger partial charge is 0.326 e. The molecule has 2 aromatic rings. The first-order valence-corrected chi connectivity index (χ1v) is 7.71. The Morgan fingerprint density at radius 2 is 1.90 bits per heavy atom. The summed E-state index contributed by atoms with van der Waals surface area (Å²) in [7, 11) is -3.86. The van der Waals surface area contributed by atoms with Gasteiger partial charge in [0.2, 0.25) is 0 Å². The fourth-order valence-electron chi connectivity index (χ4n) is 1.51. The second-order valence-electron chi connectivity index (χ2n) is 4.03. The first-order chi connectivity index (χ1) is 9.31. The molecule has 0 saturated heterocycles. The van der Waals surface area contributed by atoms with E-state index in [9.17, 15) is 13.2 Å². The second kappa shape index (κ2) is 5.47. The lowest BCUT2D eigenvalue weighted by Crippen LogP contribution is -2.16. The zero-order valence-corrected chi connectivity index (χ0v) is 12.6. The molecule has 1 aromatic heterocycles. The Bertz CT molecular complexity index is 816. The zero-order valence-electron chi connectivity index (χ0n) is 10.3. The fourth-order valence-corrected chi connectivity index (χ4v) is 3.04. The number of halogens is 2. The van der Waals surface area contributed by atoms with Crippen molar-refractivity contribution in [3.63, 3.8) is 0 Å². The Kier molecular flexibility index (Phi) is 4.08. The first kappa shape index (κ1) is 14.9. The topological polar surface area (TPSA) is 79.0 Å². The third kappa shape index (κ3) is 2.98. The van der Waals surface area contributed by atoms with Crippen LogP contribution in [0.3, 0.4) is 0 Å². The van der Waals surface area contributed by atoms with Crippen LogP contribution in [0.4, 0.5) is 5.69 Å². The van der Waals surface area contributed by atoms with E-state index in [1.165, 1.54) is 0 Å². The molecule has 1 aromatic carbocycles. The minimum atomic E-state index is -3.86. The molecule has 0 fully saturated rings. The highest BCUT2D eigenvalue weighted by Gasteiger charge is 2.17. The predicted molar refractivity (Wildman–Crippen MR) is 79.1 cm³/mol. The summed E-state index contributed by atoms with van der Waals surface area (Å²) in [5.74, 6) is 0. The molecule has 5 nitrogen and oxygen atoms in total. The van der Waals surface area contributed by atoms with Gasteiger partial charge in [0.15, 0.2) is 0 Å². The molecule has 0 aliphatic rings. The van der Waals surface area contributed by atoms with E-state index in [0.29, 0.717) is 16.3 Å².